The Balaban J connectivity index is 0.00000392. The Morgan fingerprint density at radius 3 is 2.75 bits per heavy atom. The lowest BCUT2D eigenvalue weighted by Gasteiger charge is -2.08. The fourth-order valence-corrected chi connectivity index (χ4v) is 2.69. The summed E-state index contributed by atoms with van der Waals surface area (Å²) in [5, 5.41) is 12.1. The Hall–Kier alpha value is -2.08. The highest BCUT2D eigenvalue weighted by atomic mass is 35.5. The van der Waals surface area contributed by atoms with Crippen LogP contribution in [0, 0.1) is 5.82 Å². The zero-order valence-corrected chi connectivity index (χ0v) is 16.9. The van der Waals surface area contributed by atoms with E-state index in [1.54, 1.807) is 18.2 Å². The number of hydrogen-bond donors (Lipinski definition) is 2. The molecular weight excluding hydrogens is 404 g/mol. The van der Waals surface area contributed by atoms with Crippen molar-refractivity contribution in [3.05, 3.63) is 70.5 Å². The van der Waals surface area contributed by atoms with Gasteiger partial charge < -0.3 is 15.2 Å². The molecule has 0 atom stereocenters. The predicted molar refractivity (Wildman–Crippen MR) is 113 cm³/mol. The maximum Gasteiger partial charge on any atom is 0.304 e. The molecule has 2 N–H and O–H groups in total. The van der Waals surface area contributed by atoms with Crippen molar-refractivity contribution in [3.8, 4) is 5.75 Å². The quantitative estimate of drug-likeness (QED) is 0.495. The Morgan fingerprint density at radius 1 is 1.25 bits per heavy atom. The molecule has 7 heteroatoms. The van der Waals surface area contributed by atoms with Crippen LogP contribution in [-0.4, -0.2) is 30.8 Å². The van der Waals surface area contributed by atoms with Gasteiger partial charge in [-0.1, -0.05) is 42.0 Å². The molecule has 2 aromatic carbocycles. The average molecular weight is 428 g/mol. The van der Waals surface area contributed by atoms with Gasteiger partial charge in [0, 0.05) is 13.1 Å². The number of rotatable bonds is 11. The summed E-state index contributed by atoms with van der Waals surface area (Å²) in [4.78, 5) is 10.4. The van der Waals surface area contributed by atoms with Crippen LogP contribution < -0.4 is 10.1 Å². The first-order valence-electron chi connectivity index (χ1n) is 8.81. The predicted octanol–water partition coefficient (Wildman–Crippen LogP) is 4.99. The van der Waals surface area contributed by atoms with E-state index in [1.807, 2.05) is 30.4 Å². The Kier molecular flexibility index (Phi) is 11.3. The standard InChI is InChI=1S/C21H23ClFNO3.ClH/c22-19-15-18(27-14-4-7-17-5-1-2-8-20(17)23)10-9-16(19)6-3-12-24-13-11-21(25)26;/h1-3,5-6,8-10,15,24H,4,7,11-14H2,(H,25,26);1H. The molecule has 0 fully saturated rings. The first-order valence-corrected chi connectivity index (χ1v) is 9.19. The van der Waals surface area contributed by atoms with Crippen molar-refractivity contribution in [1.82, 2.24) is 5.32 Å². The molecule has 4 nitrogen and oxygen atoms in total. The van der Waals surface area contributed by atoms with Gasteiger partial charge in [0.1, 0.15) is 11.6 Å². The third kappa shape index (κ3) is 8.74. The van der Waals surface area contributed by atoms with Crippen LogP contribution in [0.1, 0.15) is 24.0 Å². The molecule has 0 spiro atoms. The second-order valence-corrected chi connectivity index (χ2v) is 6.38. The summed E-state index contributed by atoms with van der Waals surface area (Å²) < 4.78 is 19.2. The summed E-state index contributed by atoms with van der Waals surface area (Å²) in [6.07, 6.45) is 5.19. The van der Waals surface area contributed by atoms with E-state index >= 15 is 0 Å². The first kappa shape index (κ1) is 24.0. The normalized spacial score (nSPS) is 10.6. The SMILES string of the molecule is Cl.O=C(O)CCNCC=Cc1ccc(OCCCc2ccccc2F)cc1Cl. The lowest BCUT2D eigenvalue weighted by atomic mass is 10.1. The van der Waals surface area contributed by atoms with E-state index in [0.29, 0.717) is 48.9 Å². The molecule has 0 radical (unpaired) electrons. The van der Waals surface area contributed by atoms with Gasteiger partial charge in [0.05, 0.1) is 18.1 Å². The van der Waals surface area contributed by atoms with Crippen molar-refractivity contribution < 1.29 is 19.0 Å². The molecule has 152 valence electrons. The van der Waals surface area contributed by atoms with Gasteiger partial charge in [-0.2, -0.15) is 0 Å². The largest absolute Gasteiger partial charge is 0.494 e. The molecule has 2 rings (SSSR count). The van der Waals surface area contributed by atoms with Crippen molar-refractivity contribution in [1.29, 1.82) is 0 Å². The van der Waals surface area contributed by atoms with Gasteiger partial charge in [-0.25, -0.2) is 4.39 Å². The molecule has 0 saturated carbocycles. The van der Waals surface area contributed by atoms with Crippen molar-refractivity contribution in [2.24, 2.45) is 0 Å². The summed E-state index contributed by atoms with van der Waals surface area (Å²) in [5.41, 5.74) is 1.55. The molecule has 0 aromatic heterocycles. The van der Waals surface area contributed by atoms with Crippen LogP contribution in [0.5, 0.6) is 5.75 Å². The van der Waals surface area contributed by atoms with Gasteiger partial charge in [0.2, 0.25) is 0 Å². The highest BCUT2D eigenvalue weighted by Crippen LogP contribution is 2.24. The average Bonchev–Trinajstić information content (AvgIpc) is 2.64. The molecule has 0 amide bonds. The molecule has 0 aliphatic carbocycles. The number of hydrogen-bond acceptors (Lipinski definition) is 3. The van der Waals surface area contributed by atoms with Gasteiger partial charge in [-0.15, -0.1) is 12.4 Å². The molecule has 2 aromatic rings. The first-order chi connectivity index (χ1) is 13.1. The van der Waals surface area contributed by atoms with Gasteiger partial charge in [-0.05, 0) is 48.2 Å². The van der Waals surface area contributed by atoms with Crippen molar-refractivity contribution in [2.45, 2.75) is 19.3 Å². The maximum absolute atomic E-state index is 13.5. The monoisotopic (exact) mass is 427 g/mol. The second-order valence-electron chi connectivity index (χ2n) is 5.98. The van der Waals surface area contributed by atoms with E-state index in [0.717, 1.165) is 5.56 Å². The Bertz CT molecular complexity index is 784. The van der Waals surface area contributed by atoms with E-state index in [2.05, 4.69) is 5.32 Å². The fraction of sp³-hybridized carbons (Fsp3) is 0.286. The van der Waals surface area contributed by atoms with Crippen molar-refractivity contribution in [2.75, 3.05) is 19.7 Å². The van der Waals surface area contributed by atoms with Gasteiger partial charge in [0.25, 0.3) is 0 Å². The molecule has 0 saturated heterocycles. The van der Waals surface area contributed by atoms with Crippen LogP contribution in [0.2, 0.25) is 5.02 Å². The number of aryl methyl sites for hydroxylation is 1. The van der Waals surface area contributed by atoms with E-state index in [4.69, 9.17) is 21.4 Å². The van der Waals surface area contributed by atoms with Crippen molar-refractivity contribution >= 4 is 36.1 Å². The van der Waals surface area contributed by atoms with Gasteiger partial charge in [-0.3, -0.25) is 4.79 Å². The third-order valence-electron chi connectivity index (χ3n) is 3.86. The number of aliphatic carboxylic acids is 1. The smallest absolute Gasteiger partial charge is 0.304 e. The third-order valence-corrected chi connectivity index (χ3v) is 4.19. The molecule has 0 unspecified atom stereocenters. The summed E-state index contributed by atoms with van der Waals surface area (Å²) in [6, 6.07) is 12.2. The minimum Gasteiger partial charge on any atom is -0.494 e. The number of benzene rings is 2. The van der Waals surface area contributed by atoms with E-state index in [-0.39, 0.29) is 24.6 Å². The zero-order chi connectivity index (χ0) is 19.5. The van der Waals surface area contributed by atoms with E-state index in [9.17, 15) is 9.18 Å². The topological polar surface area (TPSA) is 58.6 Å². The fourth-order valence-electron chi connectivity index (χ4n) is 2.45. The van der Waals surface area contributed by atoms with Crippen molar-refractivity contribution in [3.63, 3.8) is 0 Å². The number of nitrogens with one attached hydrogen (secondary N) is 1. The number of halogens is 3. The minimum absolute atomic E-state index is 0. The molecular formula is C21H24Cl2FNO3. The highest BCUT2D eigenvalue weighted by Gasteiger charge is 2.03. The number of ether oxygens (including phenoxy) is 1. The molecule has 0 bridgehead atoms. The second kappa shape index (κ2) is 13.2. The Morgan fingerprint density at radius 2 is 2.04 bits per heavy atom. The molecule has 0 heterocycles. The summed E-state index contributed by atoms with van der Waals surface area (Å²) >= 11 is 6.26. The molecule has 0 aliphatic rings. The van der Waals surface area contributed by atoms with Gasteiger partial charge >= 0.3 is 5.97 Å². The maximum atomic E-state index is 13.5. The van der Waals surface area contributed by atoms with E-state index < -0.39 is 5.97 Å². The van der Waals surface area contributed by atoms with Crippen LogP contribution in [-0.2, 0) is 11.2 Å². The molecule has 0 aliphatic heterocycles. The van der Waals surface area contributed by atoms with Crippen LogP contribution in [0.25, 0.3) is 6.08 Å². The van der Waals surface area contributed by atoms with Crippen LogP contribution in [0.3, 0.4) is 0 Å². The van der Waals surface area contributed by atoms with Crippen LogP contribution in [0.15, 0.2) is 48.5 Å². The summed E-state index contributed by atoms with van der Waals surface area (Å²) in [6.45, 7) is 1.47. The van der Waals surface area contributed by atoms with E-state index in [1.165, 1.54) is 6.07 Å². The number of carbonyl (C=O) groups is 1. The Labute approximate surface area is 175 Å². The molecule has 28 heavy (non-hydrogen) atoms. The number of carboxylic acid groups (broad SMARTS) is 1. The lowest BCUT2D eigenvalue weighted by molar-refractivity contribution is -0.136. The van der Waals surface area contributed by atoms with Gasteiger partial charge in [0.15, 0.2) is 0 Å². The lowest BCUT2D eigenvalue weighted by Crippen LogP contribution is -2.17. The summed E-state index contributed by atoms with van der Waals surface area (Å²) in [7, 11) is 0. The number of carboxylic acids is 1. The zero-order valence-electron chi connectivity index (χ0n) is 15.4. The summed E-state index contributed by atoms with van der Waals surface area (Å²) in [5.74, 6) is -0.335. The highest BCUT2D eigenvalue weighted by molar-refractivity contribution is 6.32. The van der Waals surface area contributed by atoms with Crippen LogP contribution in [0.4, 0.5) is 4.39 Å². The minimum atomic E-state index is -0.820. The van der Waals surface area contributed by atoms with Crippen LogP contribution >= 0.6 is 24.0 Å².